The molecule has 3 rings (SSSR count). The van der Waals surface area contributed by atoms with Crippen molar-refractivity contribution < 1.29 is 9.84 Å². The minimum atomic E-state index is -0.0142. The van der Waals surface area contributed by atoms with E-state index >= 15 is 0 Å². The van der Waals surface area contributed by atoms with Crippen molar-refractivity contribution in [1.29, 1.82) is 0 Å². The number of ether oxygens (including phenoxy) is 1. The third-order valence-electron chi connectivity index (χ3n) is 3.04. The van der Waals surface area contributed by atoms with Gasteiger partial charge in [0.15, 0.2) is 16.3 Å². The van der Waals surface area contributed by atoms with Crippen LogP contribution in [-0.2, 0) is 6.54 Å². The summed E-state index contributed by atoms with van der Waals surface area (Å²) in [7, 11) is 0. The largest absolute Gasteiger partial charge is 0.504 e. The molecule has 6 heteroatoms. The van der Waals surface area contributed by atoms with E-state index < -0.39 is 0 Å². The number of phenolic OH excluding ortho intramolecular Hbond substituents is 1. The predicted molar refractivity (Wildman–Crippen MR) is 77.1 cm³/mol. The molecule has 0 saturated heterocycles. The Labute approximate surface area is 119 Å². The Morgan fingerprint density at radius 3 is 3.10 bits per heavy atom. The van der Waals surface area contributed by atoms with Crippen molar-refractivity contribution in [2.75, 3.05) is 13.2 Å². The highest BCUT2D eigenvalue weighted by Crippen LogP contribution is 2.26. The smallest absolute Gasteiger partial charge is 0.270 e. The van der Waals surface area contributed by atoms with Crippen LogP contribution < -0.4 is 19.6 Å². The fourth-order valence-corrected chi connectivity index (χ4v) is 3.15. The van der Waals surface area contributed by atoms with Gasteiger partial charge >= 0.3 is 0 Å². The van der Waals surface area contributed by atoms with Gasteiger partial charge in [-0.05, 0) is 30.7 Å². The van der Waals surface area contributed by atoms with E-state index in [2.05, 4.69) is 4.99 Å². The number of rotatable bonds is 3. The van der Waals surface area contributed by atoms with Crippen molar-refractivity contribution in [2.45, 2.75) is 13.5 Å². The zero-order valence-electron chi connectivity index (χ0n) is 11.0. The fourth-order valence-electron chi connectivity index (χ4n) is 2.12. The third-order valence-corrected chi connectivity index (χ3v) is 4.08. The summed E-state index contributed by atoms with van der Waals surface area (Å²) in [5, 5.41) is 9.84. The Bertz CT molecular complexity index is 820. The molecular weight excluding hydrogens is 276 g/mol. The first kappa shape index (κ1) is 12.9. The van der Waals surface area contributed by atoms with Crippen molar-refractivity contribution >= 4 is 17.4 Å². The van der Waals surface area contributed by atoms with E-state index in [1.54, 1.807) is 22.8 Å². The number of hydrogen-bond acceptors (Lipinski definition) is 5. The minimum absolute atomic E-state index is 0.0142. The average Bonchev–Trinajstić information content (AvgIpc) is 2.98. The van der Waals surface area contributed by atoms with E-state index in [9.17, 15) is 9.90 Å². The molecule has 1 aliphatic heterocycles. The number of aromatic nitrogens is 1. The lowest BCUT2D eigenvalue weighted by Crippen LogP contribution is -2.29. The molecule has 2 aromatic rings. The molecule has 1 N–H and O–H groups in total. The van der Waals surface area contributed by atoms with Crippen LogP contribution in [0.4, 0.5) is 0 Å². The molecule has 1 aromatic heterocycles. The van der Waals surface area contributed by atoms with Gasteiger partial charge < -0.3 is 9.84 Å². The lowest BCUT2D eigenvalue weighted by atomic mass is 10.2. The summed E-state index contributed by atoms with van der Waals surface area (Å²) < 4.78 is 7.59. The van der Waals surface area contributed by atoms with Gasteiger partial charge in [-0.1, -0.05) is 17.4 Å². The number of phenols is 1. The number of nitrogens with zero attached hydrogens (tertiary/aromatic N) is 2. The zero-order chi connectivity index (χ0) is 14.1. The second-order valence-corrected chi connectivity index (χ2v) is 5.40. The number of benzene rings is 1. The summed E-state index contributed by atoms with van der Waals surface area (Å²) in [6.07, 6.45) is 1.77. The van der Waals surface area contributed by atoms with Crippen LogP contribution in [0, 0.1) is 0 Å². The van der Waals surface area contributed by atoms with Crippen LogP contribution in [0.2, 0.25) is 0 Å². The number of fused-ring (bicyclic) bond motifs is 1. The maximum absolute atomic E-state index is 12.1. The monoisotopic (exact) mass is 290 g/mol. The van der Waals surface area contributed by atoms with Gasteiger partial charge in [0.1, 0.15) is 0 Å². The Morgan fingerprint density at radius 2 is 2.40 bits per heavy atom. The molecule has 0 spiro atoms. The molecule has 2 heterocycles. The second-order valence-electron chi connectivity index (χ2n) is 4.39. The summed E-state index contributed by atoms with van der Waals surface area (Å²) in [5.74, 6) is 0.527. The molecule has 5 nitrogen and oxygen atoms in total. The first-order chi connectivity index (χ1) is 9.69. The molecule has 0 aliphatic carbocycles. The minimum Gasteiger partial charge on any atom is -0.504 e. The van der Waals surface area contributed by atoms with E-state index in [1.807, 2.05) is 13.0 Å². The van der Waals surface area contributed by atoms with Crippen LogP contribution in [0.15, 0.2) is 28.0 Å². The van der Waals surface area contributed by atoms with E-state index in [4.69, 9.17) is 4.74 Å². The van der Waals surface area contributed by atoms with Gasteiger partial charge in [0.05, 0.1) is 17.7 Å². The van der Waals surface area contributed by atoms with Crippen molar-refractivity contribution in [1.82, 2.24) is 4.57 Å². The highest BCUT2D eigenvalue weighted by Gasteiger charge is 2.09. The van der Waals surface area contributed by atoms with Gasteiger partial charge in [-0.15, -0.1) is 0 Å². The van der Waals surface area contributed by atoms with E-state index in [0.717, 1.165) is 10.4 Å². The van der Waals surface area contributed by atoms with Crippen LogP contribution in [-0.4, -0.2) is 22.8 Å². The molecule has 20 heavy (non-hydrogen) atoms. The van der Waals surface area contributed by atoms with Crippen LogP contribution in [0.1, 0.15) is 12.5 Å². The fraction of sp³-hybridized carbons (Fsp3) is 0.286. The topological polar surface area (TPSA) is 63.8 Å². The Kier molecular flexibility index (Phi) is 3.31. The molecular formula is C14H14N2O3S. The van der Waals surface area contributed by atoms with Crippen molar-refractivity contribution in [3.63, 3.8) is 0 Å². The van der Waals surface area contributed by atoms with Crippen molar-refractivity contribution in [2.24, 2.45) is 4.99 Å². The quantitative estimate of drug-likeness (QED) is 0.894. The van der Waals surface area contributed by atoms with E-state index in [1.165, 1.54) is 11.3 Å². The van der Waals surface area contributed by atoms with Gasteiger partial charge in [0, 0.05) is 6.54 Å². The highest BCUT2D eigenvalue weighted by atomic mass is 32.1. The summed E-state index contributed by atoms with van der Waals surface area (Å²) in [6, 6.07) is 5.11. The summed E-state index contributed by atoms with van der Waals surface area (Å²) in [5.41, 5.74) is 0.753. The van der Waals surface area contributed by atoms with Crippen molar-refractivity contribution in [3.8, 4) is 11.5 Å². The molecule has 0 fully saturated rings. The summed E-state index contributed by atoms with van der Waals surface area (Å²) in [6.45, 7) is 3.70. The lowest BCUT2D eigenvalue weighted by Gasteiger charge is -2.05. The molecule has 0 bridgehead atoms. The van der Waals surface area contributed by atoms with Crippen molar-refractivity contribution in [3.05, 3.63) is 43.5 Å². The molecule has 0 unspecified atom stereocenters. The van der Waals surface area contributed by atoms with Gasteiger partial charge in [-0.3, -0.25) is 14.4 Å². The first-order valence-corrected chi connectivity index (χ1v) is 7.22. The molecule has 0 amide bonds. The summed E-state index contributed by atoms with van der Waals surface area (Å²) in [4.78, 5) is 17.2. The highest BCUT2D eigenvalue weighted by molar-refractivity contribution is 7.07. The van der Waals surface area contributed by atoms with Gasteiger partial charge in [0.25, 0.3) is 5.56 Å². The normalized spacial score (nSPS) is 14.2. The van der Waals surface area contributed by atoms with Crippen LogP contribution >= 0.6 is 11.3 Å². The van der Waals surface area contributed by atoms with Gasteiger partial charge in [-0.25, -0.2) is 0 Å². The van der Waals surface area contributed by atoms with Crippen LogP contribution in [0.3, 0.4) is 0 Å². The number of hydrogen-bond donors (Lipinski definition) is 1. The Morgan fingerprint density at radius 1 is 1.55 bits per heavy atom. The average molecular weight is 290 g/mol. The number of thiazole rings is 1. The Hall–Kier alpha value is -2.08. The molecule has 104 valence electrons. The molecule has 1 aromatic carbocycles. The Balaban J connectivity index is 2.05. The molecule has 1 aliphatic rings. The molecule has 0 saturated carbocycles. The first-order valence-electron chi connectivity index (χ1n) is 6.40. The zero-order valence-corrected chi connectivity index (χ0v) is 11.8. The van der Waals surface area contributed by atoms with E-state index in [0.29, 0.717) is 30.0 Å². The standard InChI is InChI=1S/C14H14N2O3S/c1-2-19-11-4-3-9(7-10(11)17)8-12-13(18)16-6-5-15-14(16)20-12/h3-4,7-8,17H,2,5-6H2,1H3. The van der Waals surface area contributed by atoms with Gasteiger partial charge in [0.2, 0.25) is 0 Å². The van der Waals surface area contributed by atoms with Gasteiger partial charge in [-0.2, -0.15) is 0 Å². The van der Waals surface area contributed by atoms with Crippen LogP contribution in [0.25, 0.3) is 6.08 Å². The van der Waals surface area contributed by atoms with Crippen LogP contribution in [0.5, 0.6) is 11.5 Å². The third kappa shape index (κ3) is 2.22. The van der Waals surface area contributed by atoms with E-state index in [-0.39, 0.29) is 11.3 Å². The second kappa shape index (κ2) is 5.13. The molecule has 0 radical (unpaired) electrons. The maximum Gasteiger partial charge on any atom is 0.270 e. The number of aromatic hydroxyl groups is 1. The summed E-state index contributed by atoms with van der Waals surface area (Å²) >= 11 is 1.38. The maximum atomic E-state index is 12.1. The molecule has 0 atom stereocenters. The predicted octanol–water partition coefficient (Wildman–Crippen LogP) is 0.476. The lowest BCUT2D eigenvalue weighted by molar-refractivity contribution is 0.318. The SMILES string of the molecule is CCOc1ccc(C=c2sc3n(c2=O)CCN=3)cc1O.